The average molecular weight is 269 g/mol. The van der Waals surface area contributed by atoms with E-state index in [-0.39, 0.29) is 0 Å². The van der Waals surface area contributed by atoms with E-state index in [1.54, 1.807) is 0 Å². The van der Waals surface area contributed by atoms with Crippen LogP contribution < -0.4 is 0 Å². The molecule has 90 valence electrons. The van der Waals surface area contributed by atoms with Gasteiger partial charge in [0.1, 0.15) is 5.82 Å². The summed E-state index contributed by atoms with van der Waals surface area (Å²) in [6.45, 7) is 2.23. The Morgan fingerprint density at radius 2 is 2.29 bits per heavy atom. The van der Waals surface area contributed by atoms with Gasteiger partial charge >= 0.3 is 0 Å². The van der Waals surface area contributed by atoms with E-state index in [0.717, 1.165) is 27.8 Å². The Bertz CT molecular complexity index is 562. The van der Waals surface area contributed by atoms with Crippen LogP contribution in [0.5, 0.6) is 0 Å². The minimum atomic E-state index is 0.458. The molecule has 1 aliphatic rings. The summed E-state index contributed by atoms with van der Waals surface area (Å²) in [6, 6.07) is 6.40. The normalized spacial score (nSPS) is 23.2. The monoisotopic (exact) mass is 268 g/mol. The van der Waals surface area contributed by atoms with Crippen molar-refractivity contribution in [3.8, 4) is 0 Å². The number of alkyl halides is 1. The maximum atomic E-state index is 6.06. The molecule has 0 radical (unpaired) electrons. The Morgan fingerprint density at radius 3 is 2.94 bits per heavy atom. The third-order valence-corrected chi connectivity index (χ3v) is 4.06. The second kappa shape index (κ2) is 4.18. The number of hydrogen-bond acceptors (Lipinski definition) is 1. The zero-order valence-electron chi connectivity index (χ0n) is 9.66. The van der Waals surface area contributed by atoms with E-state index in [4.69, 9.17) is 23.2 Å². The number of aromatic nitrogens is 2. The summed E-state index contributed by atoms with van der Waals surface area (Å²) in [5.74, 6) is 2.19. The molecule has 2 unspecified atom stereocenters. The van der Waals surface area contributed by atoms with E-state index in [2.05, 4.69) is 16.5 Å². The Kier molecular flexibility index (Phi) is 2.80. The van der Waals surface area contributed by atoms with Gasteiger partial charge in [0.05, 0.1) is 16.9 Å². The first-order valence-electron chi connectivity index (χ1n) is 5.97. The Balaban J connectivity index is 2.16. The smallest absolute Gasteiger partial charge is 0.125 e. The highest BCUT2D eigenvalue weighted by Crippen LogP contribution is 2.47. The van der Waals surface area contributed by atoms with Crippen LogP contribution in [0.2, 0.25) is 5.02 Å². The standard InChI is InChI=1S/C13H14Cl2N2/c1-2-8-5-11(8)17-12-6-9(15)3-4-10(12)16-13(17)7-14/h3-4,6,8,11H,2,5,7H2,1H3. The van der Waals surface area contributed by atoms with Crippen molar-refractivity contribution < 1.29 is 0 Å². The number of nitrogens with zero attached hydrogens (tertiary/aromatic N) is 2. The summed E-state index contributed by atoms with van der Waals surface area (Å²) in [6.07, 6.45) is 2.45. The van der Waals surface area contributed by atoms with Gasteiger partial charge in [-0.1, -0.05) is 24.9 Å². The van der Waals surface area contributed by atoms with Gasteiger partial charge < -0.3 is 4.57 Å². The molecule has 4 heteroatoms. The zero-order chi connectivity index (χ0) is 12.0. The van der Waals surface area contributed by atoms with E-state index >= 15 is 0 Å². The lowest BCUT2D eigenvalue weighted by Crippen LogP contribution is -2.01. The van der Waals surface area contributed by atoms with E-state index in [0.29, 0.717) is 11.9 Å². The predicted octanol–water partition coefficient (Wildman–Crippen LogP) is 4.40. The third-order valence-electron chi connectivity index (χ3n) is 3.59. The molecule has 0 bridgehead atoms. The van der Waals surface area contributed by atoms with Crippen molar-refractivity contribution in [2.75, 3.05) is 0 Å². The summed E-state index contributed by atoms with van der Waals surface area (Å²) < 4.78 is 2.28. The molecule has 1 aromatic heterocycles. The van der Waals surface area contributed by atoms with Gasteiger partial charge in [-0.25, -0.2) is 4.98 Å². The third kappa shape index (κ3) is 1.84. The molecular formula is C13H14Cl2N2. The molecule has 2 aromatic rings. The van der Waals surface area contributed by atoms with Crippen LogP contribution in [0.25, 0.3) is 11.0 Å². The molecule has 0 N–H and O–H groups in total. The number of imidazole rings is 1. The maximum absolute atomic E-state index is 6.06. The van der Waals surface area contributed by atoms with Crippen molar-refractivity contribution in [3.63, 3.8) is 0 Å². The van der Waals surface area contributed by atoms with Crippen LogP contribution in [-0.2, 0) is 5.88 Å². The summed E-state index contributed by atoms with van der Waals surface area (Å²) in [5.41, 5.74) is 2.11. The van der Waals surface area contributed by atoms with Crippen molar-refractivity contribution in [1.29, 1.82) is 0 Å². The van der Waals surface area contributed by atoms with Crippen LogP contribution in [0.1, 0.15) is 31.6 Å². The van der Waals surface area contributed by atoms with Crippen molar-refractivity contribution in [1.82, 2.24) is 9.55 Å². The topological polar surface area (TPSA) is 17.8 Å². The van der Waals surface area contributed by atoms with Crippen LogP contribution in [0, 0.1) is 5.92 Å². The van der Waals surface area contributed by atoms with Crippen LogP contribution in [0.15, 0.2) is 18.2 Å². The van der Waals surface area contributed by atoms with E-state index in [9.17, 15) is 0 Å². The molecule has 2 nitrogen and oxygen atoms in total. The molecule has 17 heavy (non-hydrogen) atoms. The van der Waals surface area contributed by atoms with Crippen LogP contribution in [0.3, 0.4) is 0 Å². The summed E-state index contributed by atoms with van der Waals surface area (Å²) in [7, 11) is 0. The van der Waals surface area contributed by atoms with Crippen molar-refractivity contribution in [2.45, 2.75) is 31.7 Å². The predicted molar refractivity (Wildman–Crippen MR) is 71.7 cm³/mol. The van der Waals surface area contributed by atoms with E-state index < -0.39 is 0 Å². The summed E-state index contributed by atoms with van der Waals surface area (Å²) in [4.78, 5) is 4.57. The fourth-order valence-electron chi connectivity index (χ4n) is 2.57. The molecule has 1 aromatic carbocycles. The minimum Gasteiger partial charge on any atom is -0.324 e. The quantitative estimate of drug-likeness (QED) is 0.755. The number of hydrogen-bond donors (Lipinski definition) is 0. The minimum absolute atomic E-state index is 0.458. The highest BCUT2D eigenvalue weighted by molar-refractivity contribution is 6.31. The van der Waals surface area contributed by atoms with Crippen molar-refractivity contribution >= 4 is 34.2 Å². The van der Waals surface area contributed by atoms with Gasteiger partial charge in [-0.15, -0.1) is 11.6 Å². The van der Waals surface area contributed by atoms with Gasteiger partial charge in [0.15, 0.2) is 0 Å². The van der Waals surface area contributed by atoms with Gasteiger partial charge in [0.2, 0.25) is 0 Å². The Morgan fingerprint density at radius 1 is 1.47 bits per heavy atom. The summed E-state index contributed by atoms with van der Waals surface area (Å²) >= 11 is 12.1. The highest BCUT2D eigenvalue weighted by Gasteiger charge is 2.39. The molecule has 0 spiro atoms. The fourth-order valence-corrected chi connectivity index (χ4v) is 2.92. The first kappa shape index (κ1) is 11.4. The molecular weight excluding hydrogens is 255 g/mol. The lowest BCUT2D eigenvalue weighted by atomic mass is 10.3. The molecule has 1 saturated carbocycles. The Labute approximate surface area is 111 Å². The SMILES string of the molecule is CCC1CC1n1c(CCl)nc2ccc(Cl)cc21. The second-order valence-corrected chi connectivity index (χ2v) is 5.34. The largest absolute Gasteiger partial charge is 0.324 e. The van der Waals surface area contributed by atoms with E-state index in [1.165, 1.54) is 12.8 Å². The highest BCUT2D eigenvalue weighted by atomic mass is 35.5. The molecule has 2 atom stereocenters. The number of benzene rings is 1. The van der Waals surface area contributed by atoms with Gasteiger partial charge in [-0.3, -0.25) is 0 Å². The van der Waals surface area contributed by atoms with E-state index in [1.807, 2.05) is 18.2 Å². The van der Waals surface area contributed by atoms with Gasteiger partial charge in [-0.05, 0) is 30.5 Å². The molecule has 1 fully saturated rings. The van der Waals surface area contributed by atoms with Gasteiger partial charge in [0.25, 0.3) is 0 Å². The van der Waals surface area contributed by atoms with Crippen LogP contribution >= 0.6 is 23.2 Å². The Hall–Kier alpha value is -0.730. The zero-order valence-corrected chi connectivity index (χ0v) is 11.2. The summed E-state index contributed by atoms with van der Waals surface area (Å²) in [5, 5.41) is 0.758. The second-order valence-electron chi connectivity index (χ2n) is 4.64. The number of fused-ring (bicyclic) bond motifs is 1. The first-order chi connectivity index (χ1) is 8.24. The molecule has 1 aliphatic carbocycles. The van der Waals surface area contributed by atoms with Crippen LogP contribution in [0.4, 0.5) is 0 Å². The molecule has 1 heterocycles. The first-order valence-corrected chi connectivity index (χ1v) is 6.88. The maximum Gasteiger partial charge on any atom is 0.125 e. The number of rotatable bonds is 3. The van der Waals surface area contributed by atoms with Crippen molar-refractivity contribution in [2.24, 2.45) is 5.92 Å². The number of halogens is 2. The molecule has 0 aliphatic heterocycles. The molecule has 0 amide bonds. The average Bonchev–Trinajstić information content (AvgIpc) is 3.02. The van der Waals surface area contributed by atoms with Crippen LogP contribution in [-0.4, -0.2) is 9.55 Å². The fraction of sp³-hybridized carbons (Fsp3) is 0.462. The van der Waals surface area contributed by atoms with Crippen molar-refractivity contribution in [3.05, 3.63) is 29.0 Å². The lowest BCUT2D eigenvalue weighted by Gasteiger charge is -2.06. The van der Waals surface area contributed by atoms with Gasteiger partial charge in [-0.2, -0.15) is 0 Å². The molecule has 3 rings (SSSR count). The lowest BCUT2D eigenvalue weighted by molar-refractivity contribution is 0.637. The molecule has 0 saturated heterocycles. The van der Waals surface area contributed by atoms with Gasteiger partial charge in [0, 0.05) is 11.1 Å².